The minimum absolute atomic E-state index is 0.0211. The predicted octanol–water partition coefficient (Wildman–Crippen LogP) is 1.79. The molecule has 90 valence electrons. The molecule has 0 spiro atoms. The lowest BCUT2D eigenvalue weighted by Gasteiger charge is -2.15. The predicted molar refractivity (Wildman–Crippen MR) is 61.2 cm³/mol. The zero-order valence-corrected chi connectivity index (χ0v) is 9.71. The number of benzene rings is 1. The molecule has 2 nitrogen and oxygen atoms in total. The maximum absolute atomic E-state index is 12.9. The van der Waals surface area contributed by atoms with Gasteiger partial charge in [0.2, 0.25) is 0 Å². The fourth-order valence-corrected chi connectivity index (χ4v) is 1.50. The number of halogens is 2. The molecular weight excluding hydrogens is 210 g/mol. The van der Waals surface area contributed by atoms with Gasteiger partial charge in [-0.1, -0.05) is 6.07 Å². The van der Waals surface area contributed by atoms with Crippen LogP contribution < -0.4 is 5.73 Å². The summed E-state index contributed by atoms with van der Waals surface area (Å²) in [6, 6.07) is 3.91. The molecular formula is C12H18F2N2. The van der Waals surface area contributed by atoms with Gasteiger partial charge in [-0.25, -0.2) is 8.78 Å². The highest BCUT2D eigenvalue weighted by molar-refractivity contribution is 5.18. The molecule has 0 aliphatic carbocycles. The van der Waals surface area contributed by atoms with E-state index in [1.807, 2.05) is 19.0 Å². The number of hydrogen-bond acceptors (Lipinski definition) is 2. The quantitative estimate of drug-likeness (QED) is 0.832. The molecule has 1 aromatic carbocycles. The SMILES string of the molecule is CN(C)CCC(N)Cc1ccc(F)c(F)c1. The average molecular weight is 228 g/mol. The molecule has 16 heavy (non-hydrogen) atoms. The van der Waals surface area contributed by atoms with Crippen molar-refractivity contribution in [2.75, 3.05) is 20.6 Å². The van der Waals surface area contributed by atoms with Gasteiger partial charge in [-0.15, -0.1) is 0 Å². The Hall–Kier alpha value is -1.00. The number of hydrogen-bond donors (Lipinski definition) is 1. The zero-order valence-electron chi connectivity index (χ0n) is 9.71. The minimum Gasteiger partial charge on any atom is -0.327 e. The highest BCUT2D eigenvalue weighted by Gasteiger charge is 2.07. The molecule has 2 N–H and O–H groups in total. The highest BCUT2D eigenvalue weighted by atomic mass is 19.2. The van der Waals surface area contributed by atoms with Gasteiger partial charge in [-0.3, -0.25) is 0 Å². The Labute approximate surface area is 95.1 Å². The molecule has 0 bridgehead atoms. The van der Waals surface area contributed by atoms with Crippen molar-refractivity contribution in [3.63, 3.8) is 0 Å². The van der Waals surface area contributed by atoms with Crippen LogP contribution in [0.5, 0.6) is 0 Å². The summed E-state index contributed by atoms with van der Waals surface area (Å²) in [6.07, 6.45) is 1.41. The van der Waals surface area contributed by atoms with Crippen LogP contribution in [0.4, 0.5) is 8.78 Å². The third-order valence-corrected chi connectivity index (χ3v) is 2.43. The summed E-state index contributed by atoms with van der Waals surface area (Å²) in [4.78, 5) is 2.05. The van der Waals surface area contributed by atoms with E-state index in [9.17, 15) is 8.78 Å². The Morgan fingerprint density at radius 1 is 1.25 bits per heavy atom. The first-order valence-electron chi connectivity index (χ1n) is 5.33. The topological polar surface area (TPSA) is 29.3 Å². The first-order valence-corrected chi connectivity index (χ1v) is 5.33. The summed E-state index contributed by atoms with van der Waals surface area (Å²) in [5.41, 5.74) is 6.64. The molecule has 1 aromatic rings. The van der Waals surface area contributed by atoms with Crippen LogP contribution in [0, 0.1) is 11.6 Å². The van der Waals surface area contributed by atoms with Crippen molar-refractivity contribution in [3.8, 4) is 0 Å². The standard InChI is InChI=1S/C12H18F2N2/c1-16(2)6-5-10(15)7-9-3-4-11(13)12(14)8-9/h3-4,8,10H,5-7,15H2,1-2H3. The summed E-state index contributed by atoms with van der Waals surface area (Å²) in [5.74, 6) is -1.62. The van der Waals surface area contributed by atoms with Gasteiger partial charge in [0.1, 0.15) is 0 Å². The average Bonchev–Trinajstić information content (AvgIpc) is 2.21. The van der Waals surface area contributed by atoms with E-state index in [1.54, 1.807) is 6.07 Å². The van der Waals surface area contributed by atoms with Gasteiger partial charge in [0, 0.05) is 6.04 Å². The maximum Gasteiger partial charge on any atom is 0.159 e. The van der Waals surface area contributed by atoms with E-state index in [0.29, 0.717) is 6.42 Å². The Bertz CT molecular complexity index is 340. The molecule has 0 aliphatic heterocycles. The third-order valence-electron chi connectivity index (χ3n) is 2.43. The van der Waals surface area contributed by atoms with Crippen molar-refractivity contribution < 1.29 is 8.78 Å². The van der Waals surface area contributed by atoms with E-state index >= 15 is 0 Å². The summed E-state index contributed by atoms with van der Waals surface area (Å²) in [6.45, 7) is 0.894. The third kappa shape index (κ3) is 4.24. The van der Waals surface area contributed by atoms with Crippen molar-refractivity contribution in [1.29, 1.82) is 0 Å². The van der Waals surface area contributed by atoms with Gasteiger partial charge in [0.05, 0.1) is 0 Å². The van der Waals surface area contributed by atoms with Crippen molar-refractivity contribution in [2.45, 2.75) is 18.9 Å². The Morgan fingerprint density at radius 3 is 2.50 bits per heavy atom. The van der Waals surface area contributed by atoms with Crippen LogP contribution >= 0.6 is 0 Å². The Balaban J connectivity index is 2.49. The van der Waals surface area contributed by atoms with Crippen molar-refractivity contribution in [2.24, 2.45) is 5.73 Å². The number of nitrogens with zero attached hydrogens (tertiary/aromatic N) is 1. The Kier molecular flexibility index (Phi) is 4.83. The molecule has 0 aliphatic rings. The molecule has 0 aromatic heterocycles. The van der Waals surface area contributed by atoms with E-state index in [4.69, 9.17) is 5.73 Å². The van der Waals surface area contributed by atoms with Crippen LogP contribution in [0.25, 0.3) is 0 Å². The van der Waals surface area contributed by atoms with Crippen LogP contribution in [0.3, 0.4) is 0 Å². The van der Waals surface area contributed by atoms with E-state index in [1.165, 1.54) is 6.07 Å². The minimum atomic E-state index is -0.814. The van der Waals surface area contributed by atoms with Crippen LogP contribution in [0.15, 0.2) is 18.2 Å². The molecule has 0 saturated carbocycles. The maximum atomic E-state index is 12.9. The van der Waals surface area contributed by atoms with Crippen molar-refractivity contribution >= 4 is 0 Å². The van der Waals surface area contributed by atoms with E-state index < -0.39 is 11.6 Å². The van der Waals surface area contributed by atoms with Crippen LogP contribution in [-0.2, 0) is 6.42 Å². The molecule has 0 amide bonds. The van der Waals surface area contributed by atoms with E-state index in [2.05, 4.69) is 0 Å². The summed E-state index contributed by atoms with van der Waals surface area (Å²) < 4.78 is 25.6. The first-order chi connectivity index (χ1) is 7.49. The van der Waals surface area contributed by atoms with Crippen LogP contribution in [0.1, 0.15) is 12.0 Å². The highest BCUT2D eigenvalue weighted by Crippen LogP contribution is 2.11. The second-order valence-electron chi connectivity index (χ2n) is 4.30. The van der Waals surface area contributed by atoms with Gasteiger partial charge in [0.15, 0.2) is 11.6 Å². The lowest BCUT2D eigenvalue weighted by atomic mass is 10.0. The van der Waals surface area contributed by atoms with Gasteiger partial charge in [-0.2, -0.15) is 0 Å². The van der Waals surface area contributed by atoms with Gasteiger partial charge < -0.3 is 10.6 Å². The lowest BCUT2D eigenvalue weighted by molar-refractivity contribution is 0.379. The monoisotopic (exact) mass is 228 g/mol. The molecule has 0 radical (unpaired) electrons. The van der Waals surface area contributed by atoms with E-state index in [0.717, 1.165) is 24.6 Å². The normalized spacial score (nSPS) is 13.1. The van der Waals surface area contributed by atoms with E-state index in [-0.39, 0.29) is 6.04 Å². The van der Waals surface area contributed by atoms with Gasteiger partial charge >= 0.3 is 0 Å². The van der Waals surface area contributed by atoms with Gasteiger partial charge in [-0.05, 0) is 51.2 Å². The summed E-state index contributed by atoms with van der Waals surface area (Å²) in [7, 11) is 3.95. The summed E-state index contributed by atoms with van der Waals surface area (Å²) in [5, 5.41) is 0. The molecule has 0 fully saturated rings. The summed E-state index contributed by atoms with van der Waals surface area (Å²) >= 11 is 0. The first kappa shape index (κ1) is 13.1. The largest absolute Gasteiger partial charge is 0.327 e. The molecule has 1 atom stereocenters. The second-order valence-corrected chi connectivity index (χ2v) is 4.30. The lowest BCUT2D eigenvalue weighted by Crippen LogP contribution is -2.28. The smallest absolute Gasteiger partial charge is 0.159 e. The fourth-order valence-electron chi connectivity index (χ4n) is 1.50. The van der Waals surface area contributed by atoms with Crippen LogP contribution in [-0.4, -0.2) is 31.6 Å². The van der Waals surface area contributed by atoms with Crippen molar-refractivity contribution in [1.82, 2.24) is 4.90 Å². The molecule has 0 heterocycles. The molecule has 1 rings (SSSR count). The van der Waals surface area contributed by atoms with Crippen molar-refractivity contribution in [3.05, 3.63) is 35.4 Å². The fraction of sp³-hybridized carbons (Fsp3) is 0.500. The molecule has 0 saturated heterocycles. The molecule has 1 unspecified atom stereocenters. The van der Waals surface area contributed by atoms with Gasteiger partial charge in [0.25, 0.3) is 0 Å². The number of nitrogens with two attached hydrogens (primary N) is 1. The zero-order chi connectivity index (χ0) is 12.1. The molecule has 4 heteroatoms. The Morgan fingerprint density at radius 2 is 1.94 bits per heavy atom. The number of rotatable bonds is 5. The second kappa shape index (κ2) is 5.92. The van der Waals surface area contributed by atoms with Crippen LogP contribution in [0.2, 0.25) is 0 Å².